The minimum Gasteiger partial charge on any atom is -0.457 e. The number of hydrogen-bond donors (Lipinski definition) is 1. The number of nitrogen functional groups attached to an aromatic ring is 1. The second-order valence-corrected chi connectivity index (χ2v) is 5.19. The van der Waals surface area contributed by atoms with Crippen LogP contribution in [0.2, 0.25) is 0 Å². The molecule has 0 aliphatic carbocycles. The maximum Gasteiger partial charge on any atom is 0.341 e. The zero-order valence-electron chi connectivity index (χ0n) is 12.4. The van der Waals surface area contributed by atoms with Gasteiger partial charge in [-0.15, -0.1) is 0 Å². The van der Waals surface area contributed by atoms with Gasteiger partial charge in [-0.25, -0.2) is 9.18 Å². The molecule has 0 amide bonds. The molecule has 0 spiro atoms. The number of carbonyl (C=O) groups excluding carboxylic acids is 1. The average Bonchev–Trinajstić information content (AvgIpc) is 2.40. The Morgan fingerprint density at radius 1 is 1.14 bits per heavy atom. The highest BCUT2D eigenvalue weighted by atomic mass is 19.1. The fourth-order valence-electron chi connectivity index (χ4n) is 2.35. The Kier molecular flexibility index (Phi) is 4.26. The number of rotatable bonds is 3. The number of aryl methyl sites for hydroxylation is 3. The summed E-state index contributed by atoms with van der Waals surface area (Å²) in [5.74, 6) is -1.34. The molecule has 0 heterocycles. The molecule has 2 aromatic rings. The van der Waals surface area contributed by atoms with Crippen LogP contribution < -0.4 is 5.73 Å². The molecule has 2 aromatic carbocycles. The van der Waals surface area contributed by atoms with Crippen LogP contribution in [0.1, 0.15) is 32.6 Å². The second-order valence-electron chi connectivity index (χ2n) is 5.19. The van der Waals surface area contributed by atoms with Crippen molar-refractivity contribution in [2.75, 3.05) is 5.73 Å². The molecular weight excluding hydrogens is 269 g/mol. The van der Waals surface area contributed by atoms with Crippen LogP contribution in [0.4, 0.5) is 10.1 Å². The second kappa shape index (κ2) is 5.95. The van der Waals surface area contributed by atoms with E-state index in [0.717, 1.165) is 28.3 Å². The minimum absolute atomic E-state index is 0.116. The molecule has 4 heteroatoms. The molecule has 0 radical (unpaired) electrons. The van der Waals surface area contributed by atoms with Crippen LogP contribution in [-0.2, 0) is 11.3 Å². The molecule has 0 aromatic heterocycles. The van der Waals surface area contributed by atoms with Gasteiger partial charge in [0, 0.05) is 5.69 Å². The third-order valence-electron chi connectivity index (χ3n) is 3.40. The molecule has 0 unspecified atom stereocenters. The van der Waals surface area contributed by atoms with E-state index in [2.05, 4.69) is 0 Å². The summed E-state index contributed by atoms with van der Waals surface area (Å²) in [6.07, 6.45) is 0. The van der Waals surface area contributed by atoms with E-state index >= 15 is 0 Å². The molecule has 0 bridgehead atoms. The summed E-state index contributed by atoms with van der Waals surface area (Å²) in [7, 11) is 0. The van der Waals surface area contributed by atoms with Crippen LogP contribution in [0, 0.1) is 26.6 Å². The Morgan fingerprint density at radius 2 is 1.76 bits per heavy atom. The predicted octanol–water partition coefficient (Wildman–Crippen LogP) is 3.69. The van der Waals surface area contributed by atoms with Crippen LogP contribution in [0.3, 0.4) is 0 Å². The van der Waals surface area contributed by atoms with Crippen molar-refractivity contribution in [2.45, 2.75) is 27.4 Å². The molecule has 0 saturated heterocycles. The van der Waals surface area contributed by atoms with Crippen molar-refractivity contribution in [2.24, 2.45) is 0 Å². The number of hydrogen-bond acceptors (Lipinski definition) is 3. The molecule has 2 N–H and O–H groups in total. The van der Waals surface area contributed by atoms with Gasteiger partial charge in [0.1, 0.15) is 12.4 Å². The van der Waals surface area contributed by atoms with Crippen LogP contribution in [0.15, 0.2) is 30.3 Å². The Balaban J connectivity index is 2.17. The van der Waals surface area contributed by atoms with E-state index in [-0.39, 0.29) is 12.2 Å². The Hall–Kier alpha value is -2.36. The summed E-state index contributed by atoms with van der Waals surface area (Å²) in [4.78, 5) is 12.0. The first-order valence-electron chi connectivity index (χ1n) is 6.67. The van der Waals surface area contributed by atoms with Gasteiger partial charge < -0.3 is 10.5 Å². The number of halogens is 1. The monoisotopic (exact) mass is 287 g/mol. The zero-order chi connectivity index (χ0) is 15.6. The average molecular weight is 287 g/mol. The largest absolute Gasteiger partial charge is 0.457 e. The van der Waals surface area contributed by atoms with Gasteiger partial charge in [0.25, 0.3) is 0 Å². The number of ether oxygens (including phenoxy) is 1. The van der Waals surface area contributed by atoms with Gasteiger partial charge in [-0.3, -0.25) is 0 Å². The van der Waals surface area contributed by atoms with Gasteiger partial charge >= 0.3 is 5.97 Å². The molecule has 2 rings (SSSR count). The van der Waals surface area contributed by atoms with E-state index in [1.165, 1.54) is 12.1 Å². The van der Waals surface area contributed by atoms with Crippen LogP contribution in [0.5, 0.6) is 0 Å². The number of carbonyl (C=O) groups is 1. The zero-order valence-corrected chi connectivity index (χ0v) is 12.4. The summed E-state index contributed by atoms with van der Waals surface area (Å²) in [5.41, 5.74) is 9.94. The molecular formula is C17H18FNO2. The van der Waals surface area contributed by atoms with Gasteiger partial charge in [0.05, 0.1) is 5.56 Å². The number of esters is 1. The minimum atomic E-state index is -0.709. The number of benzene rings is 2. The van der Waals surface area contributed by atoms with E-state index in [4.69, 9.17) is 10.5 Å². The van der Waals surface area contributed by atoms with Crippen molar-refractivity contribution in [1.82, 2.24) is 0 Å². The van der Waals surface area contributed by atoms with E-state index < -0.39 is 11.8 Å². The van der Waals surface area contributed by atoms with E-state index in [0.29, 0.717) is 5.69 Å². The van der Waals surface area contributed by atoms with Crippen LogP contribution >= 0.6 is 0 Å². The SMILES string of the molecule is Cc1cc(C)c(COC(=O)c2cc(N)ccc2F)c(C)c1. The smallest absolute Gasteiger partial charge is 0.341 e. The molecule has 0 aliphatic rings. The molecule has 0 fully saturated rings. The third kappa shape index (κ3) is 3.40. The lowest BCUT2D eigenvalue weighted by Gasteiger charge is -2.12. The lowest BCUT2D eigenvalue weighted by molar-refractivity contribution is 0.0466. The molecule has 21 heavy (non-hydrogen) atoms. The van der Waals surface area contributed by atoms with Crippen LogP contribution in [0.25, 0.3) is 0 Å². The van der Waals surface area contributed by atoms with E-state index in [1.54, 1.807) is 0 Å². The first kappa shape index (κ1) is 15.0. The predicted molar refractivity (Wildman–Crippen MR) is 80.6 cm³/mol. The lowest BCUT2D eigenvalue weighted by atomic mass is 10.0. The quantitative estimate of drug-likeness (QED) is 0.692. The van der Waals surface area contributed by atoms with Crippen molar-refractivity contribution in [3.8, 4) is 0 Å². The first-order valence-corrected chi connectivity index (χ1v) is 6.67. The fourth-order valence-corrected chi connectivity index (χ4v) is 2.35. The Bertz CT molecular complexity index is 672. The standard InChI is InChI=1S/C17H18FNO2/c1-10-6-11(2)15(12(3)7-10)9-21-17(20)14-8-13(19)4-5-16(14)18/h4-8H,9,19H2,1-3H3. The van der Waals surface area contributed by atoms with Gasteiger partial charge in [-0.05, 0) is 55.7 Å². The van der Waals surface area contributed by atoms with Gasteiger partial charge in [-0.2, -0.15) is 0 Å². The topological polar surface area (TPSA) is 52.3 Å². The van der Waals surface area contributed by atoms with Crippen molar-refractivity contribution in [1.29, 1.82) is 0 Å². The van der Waals surface area contributed by atoms with E-state index in [9.17, 15) is 9.18 Å². The summed E-state index contributed by atoms with van der Waals surface area (Å²) in [5, 5.41) is 0. The summed E-state index contributed by atoms with van der Waals surface area (Å²) < 4.78 is 18.8. The van der Waals surface area contributed by atoms with Crippen molar-refractivity contribution < 1.29 is 13.9 Å². The molecule has 3 nitrogen and oxygen atoms in total. The van der Waals surface area contributed by atoms with Crippen molar-refractivity contribution in [3.63, 3.8) is 0 Å². The maximum atomic E-state index is 13.6. The maximum absolute atomic E-state index is 13.6. The van der Waals surface area contributed by atoms with Crippen molar-refractivity contribution in [3.05, 3.63) is 64.0 Å². The third-order valence-corrected chi connectivity index (χ3v) is 3.40. The van der Waals surface area contributed by atoms with Crippen LogP contribution in [-0.4, -0.2) is 5.97 Å². The number of anilines is 1. The molecule has 0 atom stereocenters. The number of nitrogens with two attached hydrogens (primary N) is 1. The lowest BCUT2D eigenvalue weighted by Crippen LogP contribution is -2.09. The molecule has 110 valence electrons. The molecule has 0 saturated carbocycles. The highest BCUT2D eigenvalue weighted by molar-refractivity contribution is 5.90. The van der Waals surface area contributed by atoms with E-state index in [1.807, 2.05) is 32.9 Å². The van der Waals surface area contributed by atoms with Crippen molar-refractivity contribution >= 4 is 11.7 Å². The molecule has 0 aliphatic heterocycles. The Labute approximate surface area is 123 Å². The normalized spacial score (nSPS) is 10.5. The van der Waals surface area contributed by atoms with Gasteiger partial charge in [0.15, 0.2) is 0 Å². The first-order chi connectivity index (χ1) is 9.88. The van der Waals surface area contributed by atoms with Gasteiger partial charge in [-0.1, -0.05) is 17.7 Å². The summed E-state index contributed by atoms with van der Waals surface area (Å²) in [6.45, 7) is 6.05. The van der Waals surface area contributed by atoms with Gasteiger partial charge in [0.2, 0.25) is 0 Å². The highest BCUT2D eigenvalue weighted by Crippen LogP contribution is 2.19. The fraction of sp³-hybridized carbons (Fsp3) is 0.235. The Morgan fingerprint density at radius 3 is 2.38 bits per heavy atom. The highest BCUT2D eigenvalue weighted by Gasteiger charge is 2.15. The summed E-state index contributed by atoms with van der Waals surface area (Å²) in [6, 6.07) is 7.90. The summed E-state index contributed by atoms with van der Waals surface area (Å²) >= 11 is 0.